The van der Waals surface area contributed by atoms with Crippen LogP contribution in [0.25, 0.3) is 0 Å². The minimum atomic E-state index is -0.416. The number of amides is 3. The highest BCUT2D eigenvalue weighted by Crippen LogP contribution is 2.17. The number of piperidine rings is 1. The molecule has 7 heteroatoms. The third-order valence-electron chi connectivity index (χ3n) is 5.65. The molecule has 1 atom stereocenters. The first kappa shape index (κ1) is 21.7. The molecule has 3 N–H and O–H groups in total. The second kappa shape index (κ2) is 10.6. The lowest BCUT2D eigenvalue weighted by molar-refractivity contribution is -0.128. The van der Waals surface area contributed by atoms with E-state index in [1.807, 2.05) is 13.8 Å². The van der Waals surface area contributed by atoms with E-state index in [1.54, 1.807) is 0 Å². The van der Waals surface area contributed by atoms with Gasteiger partial charge in [-0.2, -0.15) is 0 Å². The Kier molecular flexibility index (Phi) is 8.54. The zero-order valence-electron chi connectivity index (χ0n) is 17.1. The molecule has 0 radical (unpaired) electrons. The fourth-order valence-electron chi connectivity index (χ4n) is 4.05. The van der Waals surface area contributed by atoms with Crippen molar-refractivity contribution in [1.29, 1.82) is 0 Å². The van der Waals surface area contributed by atoms with Crippen LogP contribution in [-0.4, -0.2) is 60.4 Å². The molecule has 2 fully saturated rings. The van der Waals surface area contributed by atoms with Crippen molar-refractivity contribution in [2.75, 3.05) is 19.6 Å². The van der Waals surface area contributed by atoms with Gasteiger partial charge in [-0.3, -0.25) is 14.5 Å². The van der Waals surface area contributed by atoms with Crippen LogP contribution in [0.15, 0.2) is 0 Å². The van der Waals surface area contributed by atoms with E-state index in [1.165, 1.54) is 26.2 Å². The van der Waals surface area contributed by atoms with Crippen molar-refractivity contribution in [3.8, 4) is 0 Å². The molecule has 1 saturated carbocycles. The first-order chi connectivity index (χ1) is 12.8. The van der Waals surface area contributed by atoms with Gasteiger partial charge in [-0.15, -0.1) is 0 Å². The zero-order valence-corrected chi connectivity index (χ0v) is 17.1. The van der Waals surface area contributed by atoms with Gasteiger partial charge in [0.05, 0.1) is 12.6 Å². The first-order valence-electron chi connectivity index (χ1n) is 10.4. The molecule has 0 bridgehead atoms. The maximum atomic E-state index is 12.2. The molecule has 1 aliphatic heterocycles. The van der Waals surface area contributed by atoms with E-state index in [0.717, 1.165) is 38.8 Å². The van der Waals surface area contributed by atoms with E-state index in [0.29, 0.717) is 12.6 Å². The van der Waals surface area contributed by atoms with E-state index >= 15 is 0 Å². The Morgan fingerprint density at radius 2 is 1.48 bits per heavy atom. The standard InChI is InChI=1S/C20H36N4O3/c1-14(2)19(15(3)25)23-18(26)13-24-11-9-17(10-12-24)22-20(27)21-16-7-5-4-6-8-16/h14,16-17,19H,4-13H2,1-3H3,(H,23,26)(H2,21,22,27). The Hall–Kier alpha value is -1.63. The van der Waals surface area contributed by atoms with Crippen LogP contribution < -0.4 is 16.0 Å². The van der Waals surface area contributed by atoms with Crippen LogP contribution >= 0.6 is 0 Å². The zero-order chi connectivity index (χ0) is 19.8. The van der Waals surface area contributed by atoms with Gasteiger partial charge in [0.15, 0.2) is 5.78 Å². The Labute approximate surface area is 163 Å². The Balaban J connectivity index is 1.66. The van der Waals surface area contributed by atoms with Crippen molar-refractivity contribution in [1.82, 2.24) is 20.9 Å². The fourth-order valence-corrected chi connectivity index (χ4v) is 4.05. The van der Waals surface area contributed by atoms with Crippen LogP contribution in [0.5, 0.6) is 0 Å². The van der Waals surface area contributed by atoms with Gasteiger partial charge in [-0.1, -0.05) is 33.1 Å². The highest BCUT2D eigenvalue weighted by molar-refractivity contribution is 5.88. The second-order valence-electron chi connectivity index (χ2n) is 8.40. The summed E-state index contributed by atoms with van der Waals surface area (Å²) in [6.07, 6.45) is 7.52. The van der Waals surface area contributed by atoms with Crippen LogP contribution in [-0.2, 0) is 9.59 Å². The Morgan fingerprint density at radius 1 is 0.926 bits per heavy atom. The third kappa shape index (κ3) is 7.48. The van der Waals surface area contributed by atoms with Gasteiger partial charge in [0.25, 0.3) is 0 Å². The number of urea groups is 1. The number of nitrogens with zero attached hydrogens (tertiary/aromatic N) is 1. The van der Waals surface area contributed by atoms with Crippen molar-refractivity contribution in [2.24, 2.45) is 5.92 Å². The normalized spacial score (nSPS) is 20.9. The first-order valence-corrected chi connectivity index (χ1v) is 10.4. The van der Waals surface area contributed by atoms with E-state index in [-0.39, 0.29) is 29.7 Å². The summed E-state index contributed by atoms with van der Waals surface area (Å²) < 4.78 is 0. The van der Waals surface area contributed by atoms with Crippen LogP contribution in [0.3, 0.4) is 0 Å². The van der Waals surface area contributed by atoms with E-state index in [4.69, 9.17) is 0 Å². The summed E-state index contributed by atoms with van der Waals surface area (Å²) in [5.41, 5.74) is 0. The summed E-state index contributed by atoms with van der Waals surface area (Å²) in [4.78, 5) is 38.1. The van der Waals surface area contributed by atoms with Crippen LogP contribution in [0, 0.1) is 5.92 Å². The second-order valence-corrected chi connectivity index (χ2v) is 8.40. The van der Waals surface area contributed by atoms with Gasteiger partial charge in [0.2, 0.25) is 5.91 Å². The summed E-state index contributed by atoms with van der Waals surface area (Å²) in [6.45, 7) is 7.23. The molecule has 154 valence electrons. The minimum absolute atomic E-state index is 0.00904. The van der Waals surface area contributed by atoms with E-state index in [2.05, 4.69) is 20.9 Å². The molecule has 0 aromatic rings. The number of ketones is 1. The van der Waals surface area contributed by atoms with Gasteiger partial charge >= 0.3 is 6.03 Å². The maximum absolute atomic E-state index is 12.2. The van der Waals surface area contributed by atoms with Crippen LogP contribution in [0.4, 0.5) is 4.79 Å². The largest absolute Gasteiger partial charge is 0.345 e. The third-order valence-corrected chi connectivity index (χ3v) is 5.65. The summed E-state index contributed by atoms with van der Waals surface area (Å²) >= 11 is 0. The SMILES string of the molecule is CC(=O)C(NC(=O)CN1CCC(NC(=O)NC2CCCCC2)CC1)C(C)C. The lowest BCUT2D eigenvalue weighted by Gasteiger charge is -2.33. The van der Waals surface area contributed by atoms with Gasteiger partial charge in [0.1, 0.15) is 0 Å². The van der Waals surface area contributed by atoms with Crippen molar-refractivity contribution < 1.29 is 14.4 Å². The van der Waals surface area contributed by atoms with Gasteiger partial charge in [-0.05, 0) is 38.5 Å². The predicted octanol–water partition coefficient (Wildman–Crippen LogP) is 1.81. The number of rotatable bonds is 7. The predicted molar refractivity (Wildman–Crippen MR) is 105 cm³/mol. The molecule has 1 saturated heterocycles. The lowest BCUT2D eigenvalue weighted by Crippen LogP contribution is -2.52. The van der Waals surface area contributed by atoms with E-state index < -0.39 is 6.04 Å². The molecule has 27 heavy (non-hydrogen) atoms. The summed E-state index contributed by atoms with van der Waals surface area (Å²) in [5, 5.41) is 9.01. The molecule has 7 nitrogen and oxygen atoms in total. The summed E-state index contributed by atoms with van der Waals surface area (Å²) in [7, 11) is 0. The summed E-state index contributed by atoms with van der Waals surface area (Å²) in [6, 6.07) is 0.00534. The number of likely N-dealkylation sites (tertiary alicyclic amines) is 1. The van der Waals surface area contributed by atoms with E-state index in [9.17, 15) is 14.4 Å². The molecule has 2 aliphatic rings. The molecular weight excluding hydrogens is 344 g/mol. The number of nitrogens with one attached hydrogen (secondary N) is 3. The van der Waals surface area contributed by atoms with Gasteiger partial charge in [0, 0.05) is 25.2 Å². The molecule has 1 heterocycles. The van der Waals surface area contributed by atoms with Crippen LogP contribution in [0.2, 0.25) is 0 Å². The summed E-state index contributed by atoms with van der Waals surface area (Å²) in [5.74, 6) is -0.0281. The number of hydrogen-bond acceptors (Lipinski definition) is 4. The van der Waals surface area contributed by atoms with Crippen molar-refractivity contribution in [3.05, 3.63) is 0 Å². The average Bonchev–Trinajstić information content (AvgIpc) is 2.61. The van der Waals surface area contributed by atoms with Crippen LogP contribution in [0.1, 0.15) is 65.7 Å². The average molecular weight is 381 g/mol. The molecule has 1 unspecified atom stereocenters. The molecular formula is C20H36N4O3. The Bertz CT molecular complexity index is 509. The number of carbonyl (C=O) groups is 3. The minimum Gasteiger partial charge on any atom is -0.345 e. The fraction of sp³-hybridized carbons (Fsp3) is 0.850. The van der Waals surface area contributed by atoms with Crippen molar-refractivity contribution in [2.45, 2.75) is 83.8 Å². The number of hydrogen-bond donors (Lipinski definition) is 3. The topological polar surface area (TPSA) is 90.5 Å². The maximum Gasteiger partial charge on any atom is 0.315 e. The highest BCUT2D eigenvalue weighted by Gasteiger charge is 2.25. The highest BCUT2D eigenvalue weighted by atomic mass is 16.2. The lowest BCUT2D eigenvalue weighted by atomic mass is 9.96. The monoisotopic (exact) mass is 380 g/mol. The molecule has 0 spiro atoms. The van der Waals surface area contributed by atoms with Crippen molar-refractivity contribution in [3.63, 3.8) is 0 Å². The molecule has 1 aliphatic carbocycles. The van der Waals surface area contributed by atoms with Crippen molar-refractivity contribution >= 4 is 17.7 Å². The molecule has 2 rings (SSSR count). The quantitative estimate of drug-likeness (QED) is 0.628. The molecule has 3 amide bonds. The molecule has 0 aromatic heterocycles. The Morgan fingerprint density at radius 3 is 2.00 bits per heavy atom. The molecule has 0 aromatic carbocycles. The van der Waals surface area contributed by atoms with Gasteiger partial charge in [-0.25, -0.2) is 4.79 Å². The smallest absolute Gasteiger partial charge is 0.315 e. The van der Waals surface area contributed by atoms with Gasteiger partial charge < -0.3 is 16.0 Å². The number of Topliss-reactive ketones (excluding diaryl/α,β-unsaturated/α-hetero) is 1. The number of carbonyl (C=O) groups excluding carboxylic acids is 3.